The lowest BCUT2D eigenvalue weighted by molar-refractivity contribution is -0.143. The molecule has 3 rings (SSSR count). The van der Waals surface area contributed by atoms with Crippen LogP contribution in [0.15, 0.2) is 47.2 Å². The Morgan fingerprint density at radius 2 is 1.92 bits per heavy atom. The topological polar surface area (TPSA) is 53.4 Å². The number of aromatic nitrogens is 1. The van der Waals surface area contributed by atoms with E-state index in [-0.39, 0.29) is 12.0 Å². The summed E-state index contributed by atoms with van der Waals surface area (Å²) in [5.74, 6) is -0.889. The van der Waals surface area contributed by atoms with Crippen molar-refractivity contribution >= 4 is 21.9 Å². The molecule has 0 spiro atoms. The van der Waals surface area contributed by atoms with Crippen molar-refractivity contribution in [2.75, 3.05) is 13.1 Å². The summed E-state index contributed by atoms with van der Waals surface area (Å²) < 4.78 is 1.06. The van der Waals surface area contributed by atoms with E-state index in [4.69, 9.17) is 0 Å². The van der Waals surface area contributed by atoms with Crippen LogP contribution in [0.5, 0.6) is 0 Å². The average Bonchev–Trinajstić information content (AvgIpc) is 2.59. The maximum atomic E-state index is 11.2. The Hall–Kier alpha value is -1.72. The first kappa shape index (κ1) is 17.1. The highest BCUT2D eigenvalue weighted by Crippen LogP contribution is 2.34. The third-order valence-electron chi connectivity index (χ3n) is 4.79. The van der Waals surface area contributed by atoms with Crippen LogP contribution >= 0.6 is 15.9 Å². The Morgan fingerprint density at radius 3 is 2.50 bits per heavy atom. The van der Waals surface area contributed by atoms with Gasteiger partial charge in [-0.2, -0.15) is 0 Å². The van der Waals surface area contributed by atoms with Gasteiger partial charge in [0, 0.05) is 16.9 Å². The molecule has 1 unspecified atom stereocenters. The summed E-state index contributed by atoms with van der Waals surface area (Å²) in [6.07, 6.45) is 5.13. The number of carboxylic acids is 1. The van der Waals surface area contributed by atoms with E-state index in [9.17, 15) is 9.90 Å². The quantitative estimate of drug-likeness (QED) is 0.858. The molecule has 2 heterocycles. The van der Waals surface area contributed by atoms with Gasteiger partial charge in [0.25, 0.3) is 0 Å². The van der Waals surface area contributed by atoms with Gasteiger partial charge < -0.3 is 5.11 Å². The predicted octanol–water partition coefficient (Wildman–Crippen LogP) is 4.04. The van der Waals surface area contributed by atoms with Gasteiger partial charge >= 0.3 is 5.97 Å². The molecule has 2 aromatic rings. The van der Waals surface area contributed by atoms with Crippen molar-refractivity contribution in [1.82, 2.24) is 9.88 Å². The Balaban J connectivity index is 1.93. The van der Waals surface area contributed by atoms with Crippen LogP contribution in [0, 0.1) is 12.8 Å². The number of aryl methyl sites for hydroxylation is 1. The van der Waals surface area contributed by atoms with Crippen LogP contribution < -0.4 is 0 Å². The van der Waals surface area contributed by atoms with Crippen LogP contribution in [-0.2, 0) is 4.79 Å². The molecule has 5 heteroatoms. The monoisotopic (exact) mass is 388 g/mol. The van der Waals surface area contributed by atoms with E-state index in [2.05, 4.69) is 63.1 Å². The fourth-order valence-corrected chi connectivity index (χ4v) is 3.69. The van der Waals surface area contributed by atoms with Gasteiger partial charge in [-0.25, -0.2) is 0 Å². The van der Waals surface area contributed by atoms with Crippen molar-refractivity contribution in [2.24, 2.45) is 5.92 Å². The maximum absolute atomic E-state index is 11.2. The molecule has 1 saturated heterocycles. The van der Waals surface area contributed by atoms with Crippen LogP contribution in [0.25, 0.3) is 0 Å². The molecule has 1 aromatic carbocycles. The van der Waals surface area contributed by atoms with Crippen LogP contribution in [0.1, 0.15) is 35.6 Å². The average molecular weight is 389 g/mol. The molecule has 1 aliphatic rings. The number of carbonyl (C=O) groups is 1. The summed E-state index contributed by atoms with van der Waals surface area (Å²) in [5, 5.41) is 9.24. The van der Waals surface area contributed by atoms with E-state index < -0.39 is 5.97 Å². The summed E-state index contributed by atoms with van der Waals surface area (Å²) in [6, 6.07) is 10.6. The number of hydrogen-bond acceptors (Lipinski definition) is 3. The first-order valence-electron chi connectivity index (χ1n) is 8.19. The van der Waals surface area contributed by atoms with E-state index in [1.54, 1.807) is 0 Å². The van der Waals surface area contributed by atoms with Gasteiger partial charge in [-0.3, -0.25) is 14.7 Å². The lowest BCUT2D eigenvalue weighted by Gasteiger charge is -2.37. The van der Waals surface area contributed by atoms with Gasteiger partial charge in [-0.1, -0.05) is 28.1 Å². The number of aliphatic carboxylic acids is 1. The number of carboxylic acid groups (broad SMARTS) is 1. The third kappa shape index (κ3) is 3.68. The van der Waals surface area contributed by atoms with Crippen LogP contribution in [-0.4, -0.2) is 34.0 Å². The molecule has 0 bridgehead atoms. The minimum atomic E-state index is -0.671. The van der Waals surface area contributed by atoms with E-state index >= 15 is 0 Å². The first-order valence-corrected chi connectivity index (χ1v) is 8.98. The molecule has 1 aromatic heterocycles. The second-order valence-electron chi connectivity index (χ2n) is 6.33. The number of piperidine rings is 1. The number of benzene rings is 1. The Labute approximate surface area is 150 Å². The maximum Gasteiger partial charge on any atom is 0.306 e. The highest BCUT2D eigenvalue weighted by molar-refractivity contribution is 9.10. The number of halogens is 1. The molecular weight excluding hydrogens is 368 g/mol. The summed E-state index contributed by atoms with van der Waals surface area (Å²) in [7, 11) is 0. The van der Waals surface area contributed by atoms with E-state index in [0.717, 1.165) is 23.1 Å². The zero-order valence-electron chi connectivity index (χ0n) is 13.7. The molecular formula is C19H21BrN2O2. The van der Waals surface area contributed by atoms with Gasteiger partial charge in [0.1, 0.15) is 0 Å². The van der Waals surface area contributed by atoms with Crippen molar-refractivity contribution in [3.63, 3.8) is 0 Å². The minimum absolute atomic E-state index is 0.135. The number of nitrogens with zero attached hydrogens (tertiary/aromatic N) is 2. The Morgan fingerprint density at radius 1 is 1.25 bits per heavy atom. The van der Waals surface area contributed by atoms with E-state index in [1.807, 2.05) is 12.4 Å². The normalized spacial score (nSPS) is 17.6. The van der Waals surface area contributed by atoms with Crippen molar-refractivity contribution in [3.8, 4) is 0 Å². The lowest BCUT2D eigenvalue weighted by atomic mass is 9.90. The fourth-order valence-electron chi connectivity index (χ4n) is 3.43. The van der Waals surface area contributed by atoms with E-state index in [1.165, 1.54) is 11.1 Å². The lowest BCUT2D eigenvalue weighted by Crippen LogP contribution is -2.39. The zero-order valence-corrected chi connectivity index (χ0v) is 15.2. The molecule has 1 atom stereocenters. The number of hydrogen-bond donors (Lipinski definition) is 1. The largest absolute Gasteiger partial charge is 0.481 e. The zero-order chi connectivity index (χ0) is 17.1. The van der Waals surface area contributed by atoms with Crippen molar-refractivity contribution in [2.45, 2.75) is 25.8 Å². The van der Waals surface area contributed by atoms with E-state index in [0.29, 0.717) is 12.8 Å². The summed E-state index contributed by atoms with van der Waals surface area (Å²) in [4.78, 5) is 17.8. The molecule has 0 aliphatic carbocycles. The van der Waals surface area contributed by atoms with Crippen LogP contribution in [0.4, 0.5) is 0 Å². The van der Waals surface area contributed by atoms with Gasteiger partial charge in [0.2, 0.25) is 0 Å². The number of rotatable bonds is 4. The van der Waals surface area contributed by atoms with Crippen LogP contribution in [0.3, 0.4) is 0 Å². The first-order chi connectivity index (χ1) is 11.6. The molecule has 126 valence electrons. The fraction of sp³-hybridized carbons (Fsp3) is 0.368. The standard InChI is InChI=1S/C19H21BrN2O2/c1-13-12-21-9-6-17(13)18(14-2-4-16(20)5-3-14)22-10-7-15(8-11-22)19(23)24/h2-6,9,12,15,18H,7-8,10-11H2,1H3,(H,23,24). The summed E-state index contributed by atoms with van der Waals surface area (Å²) in [5.41, 5.74) is 3.62. The number of pyridine rings is 1. The molecule has 0 amide bonds. The summed E-state index contributed by atoms with van der Waals surface area (Å²) in [6.45, 7) is 3.66. The van der Waals surface area contributed by atoms with Crippen molar-refractivity contribution < 1.29 is 9.90 Å². The number of likely N-dealkylation sites (tertiary alicyclic amines) is 1. The van der Waals surface area contributed by atoms with Gasteiger partial charge in [-0.15, -0.1) is 0 Å². The second-order valence-corrected chi connectivity index (χ2v) is 7.25. The van der Waals surface area contributed by atoms with Gasteiger partial charge in [-0.05, 0) is 67.7 Å². The molecule has 0 saturated carbocycles. The molecule has 4 nitrogen and oxygen atoms in total. The second kappa shape index (κ2) is 7.45. The third-order valence-corrected chi connectivity index (χ3v) is 5.32. The molecule has 1 N–H and O–H groups in total. The minimum Gasteiger partial charge on any atom is -0.481 e. The SMILES string of the molecule is Cc1cnccc1C(c1ccc(Br)cc1)N1CCC(C(=O)O)CC1. The molecule has 0 radical (unpaired) electrons. The Kier molecular flexibility index (Phi) is 5.31. The molecule has 1 aliphatic heterocycles. The molecule has 24 heavy (non-hydrogen) atoms. The smallest absolute Gasteiger partial charge is 0.306 e. The highest BCUT2D eigenvalue weighted by Gasteiger charge is 2.30. The van der Waals surface area contributed by atoms with Crippen molar-refractivity contribution in [3.05, 3.63) is 63.9 Å². The van der Waals surface area contributed by atoms with Gasteiger partial charge in [0.05, 0.1) is 12.0 Å². The Bertz CT molecular complexity index is 710. The predicted molar refractivity (Wildman–Crippen MR) is 96.9 cm³/mol. The highest BCUT2D eigenvalue weighted by atomic mass is 79.9. The van der Waals surface area contributed by atoms with Crippen LogP contribution in [0.2, 0.25) is 0 Å². The molecule has 1 fully saturated rings. The van der Waals surface area contributed by atoms with Crippen molar-refractivity contribution in [1.29, 1.82) is 0 Å². The van der Waals surface area contributed by atoms with Gasteiger partial charge in [0.15, 0.2) is 0 Å². The summed E-state index contributed by atoms with van der Waals surface area (Å²) >= 11 is 3.50.